The van der Waals surface area contributed by atoms with Crippen molar-refractivity contribution < 1.29 is 22.0 Å². The van der Waals surface area contributed by atoms with Crippen LogP contribution in [-0.4, -0.2) is 44.1 Å². The van der Waals surface area contributed by atoms with Crippen molar-refractivity contribution in [1.82, 2.24) is 9.62 Å². The summed E-state index contributed by atoms with van der Waals surface area (Å²) in [6, 6.07) is 3.02. The fourth-order valence-electron chi connectivity index (χ4n) is 1.11. The summed E-state index contributed by atoms with van der Waals surface area (Å²) in [6.07, 6.45) is 0. The molecule has 19 heavy (non-hydrogen) atoms. The molecule has 0 bridgehead atoms. The third kappa shape index (κ3) is 4.37. The van der Waals surface area contributed by atoms with Gasteiger partial charge in [-0.15, -0.1) is 11.3 Å². The first-order valence-corrected chi connectivity index (χ1v) is 7.70. The Morgan fingerprint density at radius 3 is 2.68 bits per heavy atom. The molecule has 0 aliphatic rings. The molecule has 0 atom stereocenters. The van der Waals surface area contributed by atoms with Crippen LogP contribution in [0.15, 0.2) is 21.7 Å². The summed E-state index contributed by atoms with van der Waals surface area (Å²) < 4.78 is 49.6. The Morgan fingerprint density at radius 1 is 1.58 bits per heavy atom. The molecule has 0 saturated heterocycles. The van der Waals surface area contributed by atoms with Gasteiger partial charge in [-0.25, -0.2) is 8.42 Å². The molecule has 1 N–H and O–H groups in total. The summed E-state index contributed by atoms with van der Waals surface area (Å²) in [5, 5.41) is -0.540. The molecule has 1 rings (SSSR count). The molecule has 0 aromatic carbocycles. The van der Waals surface area contributed by atoms with E-state index >= 15 is 0 Å². The van der Waals surface area contributed by atoms with Crippen molar-refractivity contribution in [2.24, 2.45) is 0 Å². The van der Waals surface area contributed by atoms with Crippen molar-refractivity contribution >= 4 is 38.9 Å². The van der Waals surface area contributed by atoms with Crippen LogP contribution in [0.4, 0.5) is 8.78 Å². The van der Waals surface area contributed by atoms with Crippen LogP contribution in [0, 0.1) is 0 Å². The number of halogens is 3. The summed E-state index contributed by atoms with van der Waals surface area (Å²) in [4.78, 5) is 10.8. The smallest absolute Gasteiger partial charge is 0.348 e. The monoisotopic (exact) mass is 332 g/mol. The summed E-state index contributed by atoms with van der Waals surface area (Å²) in [6.45, 7) is -0.402. The number of hydrogen-bond acceptors (Lipinski definition) is 4. The lowest BCUT2D eigenvalue weighted by atomic mass is 10.5. The van der Waals surface area contributed by atoms with Crippen LogP contribution in [0.25, 0.3) is 0 Å². The number of nitrogens with one attached hydrogen (secondary N) is 1. The predicted octanol–water partition coefficient (Wildman–Crippen LogP) is 1.32. The highest BCUT2D eigenvalue weighted by Gasteiger charge is 2.35. The van der Waals surface area contributed by atoms with Gasteiger partial charge in [0.2, 0.25) is 0 Å². The maximum absolute atomic E-state index is 12.3. The molecule has 1 heterocycles. The molecule has 0 spiro atoms. The zero-order chi connectivity index (χ0) is 14.7. The van der Waals surface area contributed by atoms with Crippen LogP contribution >= 0.6 is 22.9 Å². The largest absolute Gasteiger partial charge is 0.399 e. The van der Waals surface area contributed by atoms with Gasteiger partial charge in [0, 0.05) is 20.1 Å². The van der Waals surface area contributed by atoms with Crippen LogP contribution in [0.2, 0.25) is 0 Å². The van der Waals surface area contributed by atoms with Gasteiger partial charge in [0.05, 0.1) is 0 Å². The number of alkyl halides is 3. The van der Waals surface area contributed by atoms with E-state index in [9.17, 15) is 22.0 Å². The van der Waals surface area contributed by atoms with Gasteiger partial charge in [-0.1, -0.05) is 6.07 Å². The Kier molecular flexibility index (Phi) is 5.25. The number of rotatable bonds is 6. The van der Waals surface area contributed by atoms with Crippen molar-refractivity contribution in [3.8, 4) is 0 Å². The average molecular weight is 333 g/mol. The third-order valence-electron chi connectivity index (χ3n) is 2.13. The number of thiophene rings is 1. The van der Waals surface area contributed by atoms with E-state index < -0.39 is 21.3 Å². The van der Waals surface area contributed by atoms with Gasteiger partial charge in [0.15, 0.2) is 0 Å². The standard InChI is InChI=1S/C9H11ClF2N2O3S2/c1-14(5-4-13-8(15)9(10,11)12)19(16,17)7-3-2-6-18-7/h2-3,6H,4-5H2,1H3,(H,13,15). The Hall–Kier alpha value is -0.770. The second-order valence-electron chi connectivity index (χ2n) is 3.51. The van der Waals surface area contributed by atoms with Gasteiger partial charge < -0.3 is 5.32 Å². The van der Waals surface area contributed by atoms with Gasteiger partial charge in [0.25, 0.3) is 10.0 Å². The first kappa shape index (κ1) is 16.3. The maximum atomic E-state index is 12.3. The van der Waals surface area contributed by atoms with E-state index in [1.54, 1.807) is 11.4 Å². The highest BCUT2D eigenvalue weighted by molar-refractivity contribution is 7.91. The van der Waals surface area contributed by atoms with E-state index in [4.69, 9.17) is 0 Å². The van der Waals surface area contributed by atoms with E-state index in [-0.39, 0.29) is 17.3 Å². The van der Waals surface area contributed by atoms with E-state index in [1.807, 2.05) is 5.32 Å². The topological polar surface area (TPSA) is 66.5 Å². The van der Waals surface area contributed by atoms with Gasteiger partial charge in [-0.2, -0.15) is 13.1 Å². The molecule has 10 heteroatoms. The molecule has 1 amide bonds. The fourth-order valence-corrected chi connectivity index (χ4v) is 3.55. The Morgan fingerprint density at radius 2 is 2.21 bits per heavy atom. The number of likely N-dealkylation sites (N-methyl/N-ethyl adjacent to an activating group) is 1. The molecule has 0 radical (unpaired) electrons. The average Bonchev–Trinajstić information content (AvgIpc) is 2.81. The van der Waals surface area contributed by atoms with Gasteiger partial charge in [-0.3, -0.25) is 4.79 Å². The lowest BCUT2D eigenvalue weighted by molar-refractivity contribution is -0.135. The number of nitrogens with zero attached hydrogens (tertiary/aromatic N) is 1. The van der Waals surface area contributed by atoms with Crippen LogP contribution in [-0.2, 0) is 14.8 Å². The minimum absolute atomic E-state index is 0.140. The van der Waals surface area contributed by atoms with Gasteiger partial charge in [-0.05, 0) is 23.0 Å². The van der Waals surface area contributed by atoms with Crippen LogP contribution in [0.1, 0.15) is 0 Å². The van der Waals surface area contributed by atoms with Crippen molar-refractivity contribution in [2.75, 3.05) is 20.1 Å². The second-order valence-corrected chi connectivity index (χ2v) is 7.21. The lowest BCUT2D eigenvalue weighted by Gasteiger charge is -2.16. The van der Waals surface area contributed by atoms with Crippen LogP contribution < -0.4 is 5.32 Å². The normalized spacial score (nSPS) is 12.7. The molecule has 1 aromatic rings. The minimum Gasteiger partial charge on any atom is -0.348 e. The van der Waals surface area contributed by atoms with Crippen molar-refractivity contribution in [3.63, 3.8) is 0 Å². The van der Waals surface area contributed by atoms with Crippen molar-refractivity contribution in [3.05, 3.63) is 17.5 Å². The van der Waals surface area contributed by atoms with E-state index in [1.165, 1.54) is 13.1 Å². The van der Waals surface area contributed by atoms with E-state index in [0.717, 1.165) is 15.6 Å². The molecule has 0 aliphatic carbocycles. The number of carbonyl (C=O) groups is 1. The Balaban J connectivity index is 2.53. The first-order valence-electron chi connectivity index (χ1n) is 5.00. The fraction of sp³-hybridized carbons (Fsp3) is 0.444. The molecule has 0 saturated carbocycles. The van der Waals surface area contributed by atoms with E-state index in [2.05, 4.69) is 11.6 Å². The number of hydrogen-bond donors (Lipinski definition) is 1. The highest BCUT2D eigenvalue weighted by atomic mass is 35.5. The lowest BCUT2D eigenvalue weighted by Crippen LogP contribution is -2.41. The molecule has 5 nitrogen and oxygen atoms in total. The summed E-state index contributed by atoms with van der Waals surface area (Å²) in [5.41, 5.74) is 0. The van der Waals surface area contributed by atoms with Gasteiger partial charge >= 0.3 is 11.3 Å². The summed E-state index contributed by atoms with van der Waals surface area (Å²) in [7, 11) is -2.36. The maximum Gasteiger partial charge on any atom is 0.399 e. The quantitative estimate of drug-likeness (QED) is 0.799. The van der Waals surface area contributed by atoms with E-state index in [0.29, 0.717) is 0 Å². The Labute approximate surface area is 118 Å². The number of amides is 1. The van der Waals surface area contributed by atoms with Crippen LogP contribution in [0.5, 0.6) is 0 Å². The third-order valence-corrected chi connectivity index (χ3v) is 5.53. The zero-order valence-electron chi connectivity index (χ0n) is 9.77. The SMILES string of the molecule is CN(CCNC(=O)C(F)(F)Cl)S(=O)(=O)c1cccs1. The summed E-state index contributed by atoms with van der Waals surface area (Å²) in [5.74, 6) is -1.66. The predicted molar refractivity (Wildman–Crippen MR) is 67.9 cm³/mol. The first-order chi connectivity index (χ1) is 8.65. The van der Waals surface area contributed by atoms with Crippen molar-refractivity contribution in [2.45, 2.75) is 9.59 Å². The molecular formula is C9H11ClF2N2O3S2. The zero-order valence-corrected chi connectivity index (χ0v) is 12.2. The molecule has 1 aromatic heterocycles. The highest BCUT2D eigenvalue weighted by Crippen LogP contribution is 2.20. The number of carbonyl (C=O) groups excluding carboxylic acids is 1. The molecular weight excluding hydrogens is 322 g/mol. The molecule has 0 unspecified atom stereocenters. The number of sulfonamides is 1. The van der Waals surface area contributed by atoms with Gasteiger partial charge in [0.1, 0.15) is 4.21 Å². The van der Waals surface area contributed by atoms with Crippen LogP contribution in [0.3, 0.4) is 0 Å². The Bertz CT molecular complexity index is 528. The molecule has 0 aliphatic heterocycles. The van der Waals surface area contributed by atoms with Crippen molar-refractivity contribution in [1.29, 1.82) is 0 Å². The second kappa shape index (κ2) is 6.12. The minimum atomic E-state index is -3.99. The summed E-state index contributed by atoms with van der Waals surface area (Å²) >= 11 is 5.54. The molecule has 0 fully saturated rings. The molecule has 108 valence electrons.